The number of ether oxygens (including phenoxy) is 2. The van der Waals surface area contributed by atoms with E-state index in [0.29, 0.717) is 29.7 Å². The van der Waals surface area contributed by atoms with Gasteiger partial charge < -0.3 is 9.47 Å². The Hall–Kier alpha value is -1.59. The molecule has 2 aromatic rings. The van der Waals surface area contributed by atoms with E-state index in [4.69, 9.17) is 32.7 Å². The standard InChI is InChI=1S/C19H19Cl2NO3/c1-24-19(23)18(15-4-2-3-5-16(15)21)22-10-11-25-17(12-22)13-6-8-14(20)9-7-13/h2-9,17-18H,10-12H2,1H3/t17-,18-/m0/s1. The maximum Gasteiger partial charge on any atom is 0.327 e. The van der Waals surface area contributed by atoms with Crippen LogP contribution in [0.3, 0.4) is 0 Å². The van der Waals surface area contributed by atoms with Crippen molar-refractivity contribution in [3.63, 3.8) is 0 Å². The molecular formula is C19H19Cl2NO3. The smallest absolute Gasteiger partial charge is 0.327 e. The molecule has 1 fully saturated rings. The predicted molar refractivity (Wildman–Crippen MR) is 97.9 cm³/mol. The van der Waals surface area contributed by atoms with Crippen molar-refractivity contribution in [2.24, 2.45) is 0 Å². The Kier molecular flexibility index (Phi) is 5.97. The molecule has 0 bridgehead atoms. The van der Waals surface area contributed by atoms with Crippen LogP contribution in [-0.2, 0) is 14.3 Å². The maximum absolute atomic E-state index is 12.5. The largest absolute Gasteiger partial charge is 0.468 e. The fraction of sp³-hybridized carbons (Fsp3) is 0.316. The fourth-order valence-electron chi connectivity index (χ4n) is 3.06. The molecule has 1 aliphatic rings. The van der Waals surface area contributed by atoms with Crippen LogP contribution in [0.4, 0.5) is 0 Å². The lowest BCUT2D eigenvalue weighted by molar-refractivity contribution is -0.150. The van der Waals surface area contributed by atoms with Crippen molar-refractivity contribution in [1.82, 2.24) is 4.90 Å². The van der Waals surface area contributed by atoms with E-state index >= 15 is 0 Å². The summed E-state index contributed by atoms with van der Waals surface area (Å²) in [7, 11) is 1.39. The second kappa shape index (κ2) is 8.19. The number of nitrogens with zero attached hydrogens (tertiary/aromatic N) is 1. The first-order chi connectivity index (χ1) is 12.1. The minimum absolute atomic E-state index is 0.138. The van der Waals surface area contributed by atoms with E-state index in [2.05, 4.69) is 4.90 Å². The maximum atomic E-state index is 12.5. The minimum Gasteiger partial charge on any atom is -0.468 e. The fourth-order valence-corrected chi connectivity index (χ4v) is 3.43. The number of halogens is 2. The highest BCUT2D eigenvalue weighted by molar-refractivity contribution is 6.31. The second-order valence-corrected chi connectivity index (χ2v) is 6.70. The van der Waals surface area contributed by atoms with Crippen LogP contribution in [0.15, 0.2) is 48.5 Å². The monoisotopic (exact) mass is 379 g/mol. The van der Waals surface area contributed by atoms with E-state index in [-0.39, 0.29) is 12.1 Å². The van der Waals surface area contributed by atoms with Crippen LogP contribution in [0, 0.1) is 0 Å². The highest BCUT2D eigenvalue weighted by atomic mass is 35.5. The molecule has 0 radical (unpaired) electrons. The van der Waals surface area contributed by atoms with Crippen molar-refractivity contribution in [2.45, 2.75) is 12.1 Å². The second-order valence-electron chi connectivity index (χ2n) is 5.85. The number of morpholine rings is 1. The van der Waals surface area contributed by atoms with Crippen molar-refractivity contribution >= 4 is 29.2 Å². The average Bonchev–Trinajstić information content (AvgIpc) is 2.64. The number of carbonyl (C=O) groups excluding carboxylic acids is 1. The van der Waals surface area contributed by atoms with Crippen molar-refractivity contribution in [3.05, 3.63) is 69.7 Å². The molecule has 1 saturated heterocycles. The molecule has 0 aliphatic carbocycles. The summed E-state index contributed by atoms with van der Waals surface area (Å²) in [6.45, 7) is 1.70. The van der Waals surface area contributed by atoms with E-state index in [1.807, 2.05) is 42.5 Å². The molecule has 0 unspecified atom stereocenters. The highest BCUT2D eigenvalue weighted by Gasteiger charge is 2.34. The third kappa shape index (κ3) is 4.15. The van der Waals surface area contributed by atoms with Crippen molar-refractivity contribution < 1.29 is 14.3 Å². The van der Waals surface area contributed by atoms with Gasteiger partial charge in [-0.05, 0) is 29.3 Å². The summed E-state index contributed by atoms with van der Waals surface area (Å²) < 4.78 is 10.9. The highest BCUT2D eigenvalue weighted by Crippen LogP contribution is 2.33. The quantitative estimate of drug-likeness (QED) is 0.743. The van der Waals surface area contributed by atoms with Crippen LogP contribution < -0.4 is 0 Å². The molecule has 0 saturated carbocycles. The topological polar surface area (TPSA) is 38.8 Å². The number of benzene rings is 2. The van der Waals surface area contributed by atoms with Gasteiger partial charge in [-0.1, -0.05) is 53.5 Å². The van der Waals surface area contributed by atoms with Gasteiger partial charge in [0.25, 0.3) is 0 Å². The Labute approximate surface area is 157 Å². The molecule has 0 aromatic heterocycles. The zero-order chi connectivity index (χ0) is 17.8. The summed E-state index contributed by atoms with van der Waals surface area (Å²) in [6, 6.07) is 14.4. The average molecular weight is 380 g/mol. The van der Waals surface area contributed by atoms with Gasteiger partial charge in [0.2, 0.25) is 0 Å². The summed E-state index contributed by atoms with van der Waals surface area (Å²) in [5.74, 6) is -0.329. The lowest BCUT2D eigenvalue weighted by Gasteiger charge is -2.37. The zero-order valence-corrected chi connectivity index (χ0v) is 15.3. The van der Waals surface area contributed by atoms with E-state index in [0.717, 1.165) is 11.1 Å². The Morgan fingerprint density at radius 3 is 2.60 bits per heavy atom. The van der Waals surface area contributed by atoms with Crippen LogP contribution in [0.1, 0.15) is 23.3 Å². The van der Waals surface area contributed by atoms with Gasteiger partial charge >= 0.3 is 5.97 Å². The molecular weight excluding hydrogens is 361 g/mol. The molecule has 4 nitrogen and oxygen atoms in total. The van der Waals surface area contributed by atoms with Gasteiger partial charge in [0.1, 0.15) is 6.04 Å². The van der Waals surface area contributed by atoms with Gasteiger partial charge in [-0.2, -0.15) is 0 Å². The Bertz CT molecular complexity index is 736. The van der Waals surface area contributed by atoms with Gasteiger partial charge in [0.15, 0.2) is 0 Å². The molecule has 2 atom stereocenters. The SMILES string of the molecule is COC(=O)[C@H](c1ccccc1Cl)N1CCO[C@H](c2ccc(Cl)cc2)C1. The van der Waals surface area contributed by atoms with E-state index in [1.54, 1.807) is 6.07 Å². The van der Waals surface area contributed by atoms with Gasteiger partial charge in [0, 0.05) is 23.1 Å². The number of hydrogen-bond acceptors (Lipinski definition) is 4. The van der Waals surface area contributed by atoms with Crippen LogP contribution in [0.2, 0.25) is 10.0 Å². The summed E-state index contributed by atoms with van der Waals surface area (Å²) in [5.41, 5.74) is 1.77. The van der Waals surface area contributed by atoms with Crippen molar-refractivity contribution in [2.75, 3.05) is 26.8 Å². The number of carbonyl (C=O) groups is 1. The summed E-state index contributed by atoms with van der Waals surface area (Å²) in [6.07, 6.45) is -0.138. The third-order valence-corrected chi connectivity index (χ3v) is 4.93. The van der Waals surface area contributed by atoms with E-state index < -0.39 is 6.04 Å². The first kappa shape index (κ1) is 18.2. The van der Waals surface area contributed by atoms with E-state index in [1.165, 1.54) is 7.11 Å². The zero-order valence-electron chi connectivity index (χ0n) is 13.8. The van der Waals surface area contributed by atoms with Gasteiger partial charge in [-0.3, -0.25) is 4.90 Å². The Balaban J connectivity index is 1.87. The van der Waals surface area contributed by atoms with Crippen LogP contribution in [0.5, 0.6) is 0 Å². The lowest BCUT2D eigenvalue weighted by Crippen LogP contribution is -2.43. The summed E-state index contributed by atoms with van der Waals surface area (Å²) in [5, 5.41) is 1.23. The van der Waals surface area contributed by atoms with E-state index in [9.17, 15) is 4.79 Å². The Morgan fingerprint density at radius 1 is 1.20 bits per heavy atom. The number of esters is 1. The Morgan fingerprint density at radius 2 is 1.92 bits per heavy atom. The summed E-state index contributed by atoms with van der Waals surface area (Å²) >= 11 is 12.3. The number of methoxy groups -OCH3 is 1. The minimum atomic E-state index is -0.558. The van der Waals surface area contributed by atoms with Crippen LogP contribution >= 0.6 is 23.2 Å². The van der Waals surface area contributed by atoms with Crippen LogP contribution in [0.25, 0.3) is 0 Å². The van der Waals surface area contributed by atoms with Gasteiger partial charge in [-0.25, -0.2) is 4.79 Å². The molecule has 25 heavy (non-hydrogen) atoms. The molecule has 132 valence electrons. The molecule has 3 rings (SSSR count). The number of hydrogen-bond donors (Lipinski definition) is 0. The summed E-state index contributed by atoms with van der Waals surface area (Å²) in [4.78, 5) is 14.5. The normalized spacial score (nSPS) is 19.4. The first-order valence-corrected chi connectivity index (χ1v) is 8.79. The van der Waals surface area contributed by atoms with Gasteiger partial charge in [0.05, 0.1) is 19.8 Å². The molecule has 0 spiro atoms. The van der Waals surface area contributed by atoms with Crippen molar-refractivity contribution in [1.29, 1.82) is 0 Å². The van der Waals surface area contributed by atoms with Gasteiger partial charge in [-0.15, -0.1) is 0 Å². The van der Waals surface area contributed by atoms with Crippen LogP contribution in [-0.4, -0.2) is 37.7 Å². The molecule has 2 aromatic carbocycles. The van der Waals surface area contributed by atoms with Crippen molar-refractivity contribution in [3.8, 4) is 0 Å². The molecule has 1 heterocycles. The predicted octanol–water partition coefficient (Wildman–Crippen LogP) is 4.28. The lowest BCUT2D eigenvalue weighted by atomic mass is 10.0. The molecule has 0 amide bonds. The molecule has 0 N–H and O–H groups in total. The molecule has 6 heteroatoms. The number of rotatable bonds is 4. The first-order valence-electron chi connectivity index (χ1n) is 8.03. The molecule has 1 aliphatic heterocycles. The third-order valence-electron chi connectivity index (χ3n) is 4.33.